The van der Waals surface area contributed by atoms with E-state index in [4.69, 9.17) is 11.6 Å². The van der Waals surface area contributed by atoms with Crippen molar-refractivity contribution in [2.45, 2.75) is 18.8 Å². The average Bonchev–Trinajstić information content (AvgIpc) is 3.01. The van der Waals surface area contributed by atoms with Crippen molar-refractivity contribution >= 4 is 17.5 Å². The number of H-pyrrole nitrogens is 1. The Labute approximate surface area is 122 Å². The summed E-state index contributed by atoms with van der Waals surface area (Å²) in [5, 5.41) is 0.401. The molecule has 0 saturated carbocycles. The van der Waals surface area contributed by atoms with E-state index in [1.54, 1.807) is 18.5 Å². The lowest BCUT2D eigenvalue weighted by Gasteiger charge is -2.32. The van der Waals surface area contributed by atoms with Gasteiger partial charge >= 0.3 is 0 Å². The van der Waals surface area contributed by atoms with Crippen molar-refractivity contribution in [2.24, 2.45) is 0 Å². The normalized spacial score (nSPS) is 19.1. The Morgan fingerprint density at radius 1 is 1.45 bits per heavy atom. The summed E-state index contributed by atoms with van der Waals surface area (Å²) in [6.45, 7) is 1.43. The van der Waals surface area contributed by atoms with E-state index in [9.17, 15) is 4.79 Å². The molecule has 0 aromatic carbocycles. The molecule has 0 bridgehead atoms. The van der Waals surface area contributed by atoms with E-state index in [-0.39, 0.29) is 11.8 Å². The van der Waals surface area contributed by atoms with Crippen molar-refractivity contribution < 1.29 is 4.79 Å². The van der Waals surface area contributed by atoms with Gasteiger partial charge in [0.25, 0.3) is 5.91 Å². The van der Waals surface area contributed by atoms with Gasteiger partial charge in [-0.2, -0.15) is 0 Å². The molecule has 1 unspecified atom stereocenters. The van der Waals surface area contributed by atoms with Crippen LogP contribution in [0.5, 0.6) is 0 Å². The first kappa shape index (κ1) is 13.1. The molecule has 1 aliphatic heterocycles. The summed E-state index contributed by atoms with van der Waals surface area (Å²) < 4.78 is 0. The Hall–Kier alpha value is -1.88. The van der Waals surface area contributed by atoms with Crippen molar-refractivity contribution in [3.05, 3.63) is 47.3 Å². The number of carbonyl (C=O) groups is 1. The highest BCUT2D eigenvalue weighted by atomic mass is 35.5. The molecule has 1 atom stereocenters. The minimum Gasteiger partial charge on any atom is -0.348 e. The second-order valence-corrected chi connectivity index (χ2v) is 5.33. The van der Waals surface area contributed by atoms with Crippen LogP contribution in [0.1, 0.15) is 34.9 Å². The van der Waals surface area contributed by atoms with Crippen molar-refractivity contribution in [3.8, 4) is 0 Å². The predicted octanol–water partition coefficient (Wildman–Crippen LogP) is 2.48. The Morgan fingerprint density at radius 3 is 3.10 bits per heavy atom. The highest BCUT2D eigenvalue weighted by molar-refractivity contribution is 6.33. The highest BCUT2D eigenvalue weighted by Crippen LogP contribution is 2.26. The molecule has 0 spiro atoms. The molecule has 0 aliphatic carbocycles. The first-order valence-electron chi connectivity index (χ1n) is 6.64. The van der Waals surface area contributed by atoms with Gasteiger partial charge in [-0.25, -0.2) is 4.98 Å². The van der Waals surface area contributed by atoms with Crippen LogP contribution in [0.25, 0.3) is 0 Å². The zero-order valence-corrected chi connectivity index (χ0v) is 11.7. The average molecular weight is 291 g/mol. The third-order valence-corrected chi connectivity index (χ3v) is 3.92. The number of aromatic nitrogens is 3. The van der Waals surface area contributed by atoms with Crippen LogP contribution in [0.4, 0.5) is 0 Å². The summed E-state index contributed by atoms with van der Waals surface area (Å²) in [5.74, 6) is 1.18. The number of carbonyl (C=O) groups excluding carboxylic acids is 1. The number of likely N-dealkylation sites (tertiary alicyclic amines) is 1. The molecule has 6 heteroatoms. The number of pyridine rings is 1. The fourth-order valence-corrected chi connectivity index (χ4v) is 2.80. The number of halogens is 1. The Morgan fingerprint density at radius 2 is 2.35 bits per heavy atom. The van der Waals surface area contributed by atoms with Gasteiger partial charge in [0.05, 0.1) is 10.6 Å². The molecule has 104 valence electrons. The number of nitrogens with zero attached hydrogens (tertiary/aromatic N) is 3. The topological polar surface area (TPSA) is 61.9 Å². The van der Waals surface area contributed by atoms with Gasteiger partial charge in [-0.05, 0) is 18.9 Å². The summed E-state index contributed by atoms with van der Waals surface area (Å²) in [5.41, 5.74) is 0.516. The van der Waals surface area contributed by atoms with Crippen LogP contribution in [0, 0.1) is 0 Å². The molecule has 1 saturated heterocycles. The molecule has 20 heavy (non-hydrogen) atoms. The minimum absolute atomic E-state index is 0.0337. The maximum absolute atomic E-state index is 12.5. The summed E-state index contributed by atoms with van der Waals surface area (Å²) in [6.07, 6.45) is 8.67. The molecule has 5 nitrogen and oxygen atoms in total. The lowest BCUT2D eigenvalue weighted by atomic mass is 9.97. The summed E-state index contributed by atoms with van der Waals surface area (Å²) in [7, 11) is 0. The third kappa shape index (κ3) is 2.54. The van der Waals surface area contributed by atoms with Gasteiger partial charge in [-0.3, -0.25) is 9.78 Å². The number of imidazole rings is 1. The SMILES string of the molecule is O=C(c1ccncc1Cl)N1CCCC(c2ncc[nH]2)C1. The van der Waals surface area contributed by atoms with Crippen molar-refractivity contribution in [2.75, 3.05) is 13.1 Å². The van der Waals surface area contributed by atoms with Crippen molar-refractivity contribution in [1.82, 2.24) is 19.9 Å². The number of nitrogens with one attached hydrogen (secondary N) is 1. The van der Waals surface area contributed by atoms with Gasteiger partial charge in [0, 0.05) is 43.8 Å². The number of hydrogen-bond acceptors (Lipinski definition) is 3. The van der Waals surface area contributed by atoms with E-state index < -0.39 is 0 Å². The molecular formula is C14H15ClN4O. The molecule has 3 rings (SSSR count). The van der Waals surface area contributed by atoms with E-state index in [2.05, 4.69) is 15.0 Å². The molecule has 0 radical (unpaired) electrons. The second kappa shape index (κ2) is 5.63. The Kier molecular flexibility index (Phi) is 3.69. The Balaban J connectivity index is 1.77. The van der Waals surface area contributed by atoms with Gasteiger partial charge in [0.2, 0.25) is 0 Å². The van der Waals surface area contributed by atoms with E-state index in [0.29, 0.717) is 17.1 Å². The molecular weight excluding hydrogens is 276 g/mol. The van der Waals surface area contributed by atoms with Crippen LogP contribution < -0.4 is 0 Å². The van der Waals surface area contributed by atoms with Crippen molar-refractivity contribution in [3.63, 3.8) is 0 Å². The molecule has 1 N–H and O–H groups in total. The number of rotatable bonds is 2. The maximum atomic E-state index is 12.5. The molecule has 1 amide bonds. The fourth-order valence-electron chi connectivity index (χ4n) is 2.60. The molecule has 1 fully saturated rings. The first-order chi connectivity index (χ1) is 9.75. The quantitative estimate of drug-likeness (QED) is 0.924. The smallest absolute Gasteiger partial charge is 0.255 e. The second-order valence-electron chi connectivity index (χ2n) is 4.92. The van der Waals surface area contributed by atoms with Crippen LogP contribution in [0.2, 0.25) is 5.02 Å². The number of amides is 1. The van der Waals surface area contributed by atoms with Crippen LogP contribution in [-0.4, -0.2) is 38.8 Å². The van der Waals surface area contributed by atoms with Crippen LogP contribution in [0.3, 0.4) is 0 Å². The van der Waals surface area contributed by atoms with Crippen LogP contribution in [0.15, 0.2) is 30.9 Å². The monoisotopic (exact) mass is 290 g/mol. The molecule has 2 aromatic rings. The van der Waals surface area contributed by atoms with E-state index in [0.717, 1.165) is 25.2 Å². The van der Waals surface area contributed by atoms with Crippen LogP contribution in [-0.2, 0) is 0 Å². The fraction of sp³-hybridized carbons (Fsp3) is 0.357. The molecule has 3 heterocycles. The lowest BCUT2D eigenvalue weighted by molar-refractivity contribution is 0.0705. The molecule has 1 aliphatic rings. The summed E-state index contributed by atoms with van der Waals surface area (Å²) in [4.78, 5) is 25.7. The standard InChI is InChI=1S/C14H15ClN4O/c15-12-8-16-4-3-11(12)14(20)19-7-1-2-10(9-19)13-17-5-6-18-13/h3-6,8,10H,1-2,7,9H2,(H,17,18). The predicted molar refractivity (Wildman–Crippen MR) is 75.7 cm³/mol. The zero-order valence-electron chi connectivity index (χ0n) is 10.9. The summed E-state index contributed by atoms with van der Waals surface area (Å²) in [6, 6.07) is 1.67. The van der Waals surface area contributed by atoms with Gasteiger partial charge in [-0.15, -0.1) is 0 Å². The van der Waals surface area contributed by atoms with Gasteiger partial charge < -0.3 is 9.88 Å². The lowest BCUT2D eigenvalue weighted by Crippen LogP contribution is -2.39. The minimum atomic E-state index is -0.0337. The van der Waals surface area contributed by atoms with E-state index in [1.807, 2.05) is 11.1 Å². The van der Waals surface area contributed by atoms with E-state index >= 15 is 0 Å². The largest absolute Gasteiger partial charge is 0.348 e. The van der Waals surface area contributed by atoms with Gasteiger partial charge in [0.15, 0.2) is 0 Å². The van der Waals surface area contributed by atoms with E-state index in [1.165, 1.54) is 6.20 Å². The number of hydrogen-bond donors (Lipinski definition) is 1. The first-order valence-corrected chi connectivity index (χ1v) is 7.01. The van der Waals surface area contributed by atoms with Crippen molar-refractivity contribution in [1.29, 1.82) is 0 Å². The highest BCUT2D eigenvalue weighted by Gasteiger charge is 2.27. The van der Waals surface area contributed by atoms with Crippen LogP contribution >= 0.6 is 11.6 Å². The number of aromatic amines is 1. The zero-order chi connectivity index (χ0) is 13.9. The van der Waals surface area contributed by atoms with Gasteiger partial charge in [-0.1, -0.05) is 11.6 Å². The Bertz CT molecular complexity index is 599. The summed E-state index contributed by atoms with van der Waals surface area (Å²) >= 11 is 6.05. The van der Waals surface area contributed by atoms with Gasteiger partial charge in [0.1, 0.15) is 5.82 Å². The third-order valence-electron chi connectivity index (χ3n) is 3.62. The molecule has 2 aromatic heterocycles. The maximum Gasteiger partial charge on any atom is 0.255 e. The number of piperidine rings is 1.